The zero-order valence-corrected chi connectivity index (χ0v) is 7.76. The van der Waals surface area contributed by atoms with Crippen molar-refractivity contribution in [1.29, 1.82) is 5.26 Å². The summed E-state index contributed by atoms with van der Waals surface area (Å²) >= 11 is 0. The monoisotopic (exact) mass is 207 g/mol. The Kier molecular flexibility index (Phi) is 2.16. The Bertz CT molecular complexity index is 476. The van der Waals surface area contributed by atoms with Gasteiger partial charge in [0.1, 0.15) is 35.1 Å². The second-order valence-electron chi connectivity index (χ2n) is 3.23. The van der Waals surface area contributed by atoms with Crippen LogP contribution in [0.2, 0.25) is 0 Å². The SMILES string of the molecule is C=CC1Cc2c(F)cc(F)c(C#N)c2O1. The van der Waals surface area contributed by atoms with Crippen LogP contribution in [0.4, 0.5) is 8.78 Å². The Morgan fingerprint density at radius 2 is 2.27 bits per heavy atom. The van der Waals surface area contributed by atoms with Gasteiger partial charge in [-0.05, 0) is 0 Å². The third kappa shape index (κ3) is 1.37. The van der Waals surface area contributed by atoms with Gasteiger partial charge in [0.2, 0.25) is 0 Å². The summed E-state index contributed by atoms with van der Waals surface area (Å²) in [5, 5.41) is 8.71. The second kappa shape index (κ2) is 3.35. The van der Waals surface area contributed by atoms with Crippen LogP contribution in [0.3, 0.4) is 0 Å². The summed E-state index contributed by atoms with van der Waals surface area (Å²) in [6.45, 7) is 3.51. The number of rotatable bonds is 1. The number of nitriles is 1. The van der Waals surface area contributed by atoms with E-state index in [1.54, 1.807) is 6.07 Å². The minimum Gasteiger partial charge on any atom is -0.484 e. The van der Waals surface area contributed by atoms with Gasteiger partial charge in [-0.2, -0.15) is 5.26 Å². The Labute approximate surface area is 85.4 Å². The fourth-order valence-corrected chi connectivity index (χ4v) is 1.59. The summed E-state index contributed by atoms with van der Waals surface area (Å²) in [6.07, 6.45) is 1.40. The van der Waals surface area contributed by atoms with Crippen LogP contribution in [0.25, 0.3) is 0 Å². The fourth-order valence-electron chi connectivity index (χ4n) is 1.59. The summed E-state index contributed by atoms with van der Waals surface area (Å²) in [7, 11) is 0. The summed E-state index contributed by atoms with van der Waals surface area (Å²) in [5.41, 5.74) is 0.00796. The summed E-state index contributed by atoms with van der Waals surface area (Å²) in [4.78, 5) is 0. The third-order valence-electron chi connectivity index (χ3n) is 2.33. The van der Waals surface area contributed by atoms with Gasteiger partial charge in [0, 0.05) is 18.1 Å². The van der Waals surface area contributed by atoms with Gasteiger partial charge in [0.15, 0.2) is 0 Å². The maximum absolute atomic E-state index is 13.3. The molecule has 1 aliphatic rings. The Balaban J connectivity index is 2.62. The van der Waals surface area contributed by atoms with Crippen LogP contribution >= 0.6 is 0 Å². The van der Waals surface area contributed by atoms with E-state index >= 15 is 0 Å². The lowest BCUT2D eigenvalue weighted by Crippen LogP contribution is -2.07. The molecule has 1 aromatic rings. The van der Waals surface area contributed by atoms with E-state index in [0.29, 0.717) is 12.5 Å². The van der Waals surface area contributed by atoms with Crippen LogP contribution in [0.5, 0.6) is 5.75 Å². The molecule has 0 bridgehead atoms. The maximum Gasteiger partial charge on any atom is 0.147 e. The molecule has 2 rings (SSSR count). The van der Waals surface area contributed by atoms with Crippen molar-refractivity contribution < 1.29 is 13.5 Å². The Hall–Kier alpha value is -1.89. The van der Waals surface area contributed by atoms with Crippen molar-refractivity contribution >= 4 is 0 Å². The lowest BCUT2D eigenvalue weighted by molar-refractivity contribution is 0.282. The molecule has 0 fully saturated rings. The highest BCUT2D eigenvalue weighted by Gasteiger charge is 2.29. The van der Waals surface area contributed by atoms with E-state index in [4.69, 9.17) is 10.00 Å². The van der Waals surface area contributed by atoms with Crippen molar-refractivity contribution in [3.8, 4) is 11.8 Å². The predicted octanol–water partition coefficient (Wildman–Crippen LogP) is 2.33. The minimum atomic E-state index is -0.890. The van der Waals surface area contributed by atoms with Crippen molar-refractivity contribution in [2.45, 2.75) is 12.5 Å². The molecular formula is C11H7F2NO. The summed E-state index contributed by atoms with van der Waals surface area (Å²) in [5.74, 6) is -1.55. The highest BCUT2D eigenvalue weighted by Crippen LogP contribution is 2.35. The van der Waals surface area contributed by atoms with Crippen molar-refractivity contribution in [1.82, 2.24) is 0 Å². The second-order valence-corrected chi connectivity index (χ2v) is 3.23. The Morgan fingerprint density at radius 1 is 1.53 bits per heavy atom. The fraction of sp³-hybridized carbons (Fsp3) is 0.182. The first kappa shape index (κ1) is 9.66. The topological polar surface area (TPSA) is 33.0 Å². The van der Waals surface area contributed by atoms with Crippen LogP contribution in [0, 0.1) is 23.0 Å². The number of halogens is 2. The number of nitrogens with zero attached hydrogens (tertiary/aromatic N) is 1. The summed E-state index contributed by atoms with van der Waals surface area (Å²) in [6, 6.07) is 2.38. The smallest absolute Gasteiger partial charge is 0.147 e. The van der Waals surface area contributed by atoms with E-state index in [-0.39, 0.29) is 23.0 Å². The first-order valence-electron chi connectivity index (χ1n) is 4.37. The van der Waals surface area contributed by atoms with Gasteiger partial charge in [0.25, 0.3) is 0 Å². The van der Waals surface area contributed by atoms with Gasteiger partial charge >= 0.3 is 0 Å². The van der Waals surface area contributed by atoms with Gasteiger partial charge in [-0.1, -0.05) is 12.7 Å². The average Bonchev–Trinajstić information content (AvgIpc) is 2.62. The van der Waals surface area contributed by atoms with Crippen molar-refractivity contribution in [3.05, 3.63) is 41.5 Å². The van der Waals surface area contributed by atoms with Gasteiger partial charge in [0.05, 0.1) is 0 Å². The van der Waals surface area contributed by atoms with Crippen LogP contribution in [0.1, 0.15) is 11.1 Å². The van der Waals surface area contributed by atoms with Crippen molar-refractivity contribution in [2.24, 2.45) is 0 Å². The van der Waals surface area contributed by atoms with E-state index in [1.165, 1.54) is 6.08 Å². The van der Waals surface area contributed by atoms with E-state index < -0.39 is 11.6 Å². The van der Waals surface area contributed by atoms with Crippen molar-refractivity contribution in [3.63, 3.8) is 0 Å². The van der Waals surface area contributed by atoms with Gasteiger partial charge in [-0.3, -0.25) is 0 Å². The molecule has 1 heterocycles. The molecule has 0 amide bonds. The highest BCUT2D eigenvalue weighted by atomic mass is 19.1. The molecule has 1 unspecified atom stereocenters. The quantitative estimate of drug-likeness (QED) is 0.662. The molecule has 2 nitrogen and oxygen atoms in total. The molecule has 0 radical (unpaired) electrons. The molecule has 0 saturated carbocycles. The normalized spacial score (nSPS) is 17.8. The van der Waals surface area contributed by atoms with Crippen LogP contribution in [-0.2, 0) is 6.42 Å². The van der Waals surface area contributed by atoms with Crippen molar-refractivity contribution in [2.75, 3.05) is 0 Å². The van der Waals surface area contributed by atoms with E-state index in [0.717, 1.165) is 0 Å². The molecule has 4 heteroatoms. The lowest BCUT2D eigenvalue weighted by Gasteiger charge is -2.05. The lowest BCUT2D eigenvalue weighted by atomic mass is 10.1. The largest absolute Gasteiger partial charge is 0.484 e. The molecule has 76 valence electrons. The molecule has 1 aliphatic heterocycles. The molecule has 0 saturated heterocycles. The maximum atomic E-state index is 13.3. The molecule has 0 aliphatic carbocycles. The molecule has 0 aromatic heterocycles. The van der Waals surface area contributed by atoms with Crippen LogP contribution in [0.15, 0.2) is 18.7 Å². The van der Waals surface area contributed by atoms with Crippen LogP contribution < -0.4 is 4.74 Å². The number of hydrogen-bond acceptors (Lipinski definition) is 2. The molecular weight excluding hydrogens is 200 g/mol. The highest BCUT2D eigenvalue weighted by molar-refractivity contribution is 5.52. The summed E-state index contributed by atoms with van der Waals surface area (Å²) < 4.78 is 31.7. The van der Waals surface area contributed by atoms with Gasteiger partial charge < -0.3 is 4.74 Å². The predicted molar refractivity (Wildman–Crippen MR) is 49.4 cm³/mol. The minimum absolute atomic E-state index is 0.0138. The molecule has 1 aromatic carbocycles. The average molecular weight is 207 g/mol. The van der Waals surface area contributed by atoms with Gasteiger partial charge in [-0.15, -0.1) is 0 Å². The first-order chi connectivity index (χ1) is 7.17. The molecule has 0 N–H and O–H groups in total. The number of fused-ring (bicyclic) bond motifs is 1. The first-order valence-corrected chi connectivity index (χ1v) is 4.37. The zero-order chi connectivity index (χ0) is 11.0. The zero-order valence-electron chi connectivity index (χ0n) is 7.76. The standard InChI is InChI=1S/C11H7F2NO/c1-2-6-3-7-9(12)4-10(13)8(5-14)11(7)15-6/h2,4,6H,1,3H2. The Morgan fingerprint density at radius 3 is 2.87 bits per heavy atom. The molecule has 15 heavy (non-hydrogen) atoms. The molecule has 0 spiro atoms. The van der Waals surface area contributed by atoms with E-state index in [1.807, 2.05) is 0 Å². The van der Waals surface area contributed by atoms with E-state index in [2.05, 4.69) is 6.58 Å². The van der Waals surface area contributed by atoms with Crippen LogP contribution in [-0.4, -0.2) is 6.10 Å². The third-order valence-corrected chi connectivity index (χ3v) is 2.33. The number of hydrogen-bond donors (Lipinski definition) is 0. The molecule has 1 atom stereocenters. The number of ether oxygens (including phenoxy) is 1. The van der Waals surface area contributed by atoms with Gasteiger partial charge in [-0.25, -0.2) is 8.78 Å². The van der Waals surface area contributed by atoms with E-state index in [9.17, 15) is 8.78 Å². The number of benzene rings is 1.